The number of benzene rings is 2. The third-order valence-corrected chi connectivity index (χ3v) is 5.94. The highest BCUT2D eigenvalue weighted by atomic mass is 32.2. The number of sulfonamides is 1. The molecular weight excluding hydrogens is 446 g/mol. The van der Waals surface area contributed by atoms with Crippen molar-refractivity contribution in [3.05, 3.63) is 67.3 Å². The molecule has 1 radical (unpaired) electrons. The maximum Gasteiger partial charge on any atom is 0.278 e. The molecule has 11 heteroatoms. The zero-order chi connectivity index (χ0) is 23.8. The fraction of sp³-hybridized carbons (Fsp3) is 0.182. The monoisotopic (exact) mass is 470 g/mol. The van der Waals surface area contributed by atoms with Gasteiger partial charge in [0.15, 0.2) is 11.5 Å². The Kier molecular flexibility index (Phi) is 7.93. The molecule has 3 aromatic rings. The topological polar surface area (TPSA) is 146 Å². The van der Waals surface area contributed by atoms with E-state index in [1.807, 2.05) is 0 Å². The van der Waals surface area contributed by atoms with Crippen LogP contribution in [0.25, 0.3) is 11.3 Å². The molecule has 0 fully saturated rings. The van der Waals surface area contributed by atoms with E-state index in [9.17, 15) is 13.2 Å². The van der Waals surface area contributed by atoms with Crippen LogP contribution in [-0.4, -0.2) is 51.2 Å². The molecule has 4 N–H and O–H groups in total. The van der Waals surface area contributed by atoms with Crippen LogP contribution in [0.2, 0.25) is 0 Å². The number of para-hydroxylation sites is 2. The predicted molar refractivity (Wildman–Crippen MR) is 124 cm³/mol. The van der Waals surface area contributed by atoms with E-state index < -0.39 is 15.9 Å². The maximum absolute atomic E-state index is 12.9. The zero-order valence-corrected chi connectivity index (χ0v) is 18.8. The molecule has 0 aliphatic rings. The number of nitrogens with zero attached hydrogens (tertiary/aromatic N) is 2. The lowest BCUT2D eigenvalue weighted by molar-refractivity contribution is 0.102. The lowest BCUT2D eigenvalue weighted by Crippen LogP contribution is -2.18. The van der Waals surface area contributed by atoms with Crippen molar-refractivity contribution >= 4 is 27.4 Å². The van der Waals surface area contributed by atoms with Crippen LogP contribution < -0.4 is 20.5 Å². The second-order valence-corrected chi connectivity index (χ2v) is 8.52. The third-order valence-electron chi connectivity index (χ3n) is 4.51. The Hall–Kier alpha value is -3.54. The second-order valence-electron chi connectivity index (χ2n) is 6.63. The minimum Gasteiger partial charge on any atom is -0.489 e. The average molecular weight is 471 g/mol. The van der Waals surface area contributed by atoms with E-state index in [0.717, 1.165) is 0 Å². The molecular formula is C22H24N5O5S. The number of hydrogen-bond acceptors (Lipinski definition) is 8. The second kappa shape index (κ2) is 10.9. The molecule has 173 valence electrons. The number of carbonyl (C=O) groups excluding carboxylic acids is 1. The molecule has 0 atom stereocenters. The van der Waals surface area contributed by atoms with Gasteiger partial charge in [-0.05, 0) is 38.2 Å². The zero-order valence-electron chi connectivity index (χ0n) is 17.9. The Morgan fingerprint density at radius 3 is 2.55 bits per heavy atom. The van der Waals surface area contributed by atoms with Gasteiger partial charge in [-0.3, -0.25) is 4.79 Å². The van der Waals surface area contributed by atoms with Gasteiger partial charge in [0.25, 0.3) is 5.91 Å². The van der Waals surface area contributed by atoms with Crippen molar-refractivity contribution in [2.45, 2.75) is 4.90 Å². The summed E-state index contributed by atoms with van der Waals surface area (Å²) in [6.45, 7) is 4.58. The van der Waals surface area contributed by atoms with E-state index in [1.54, 1.807) is 36.4 Å². The number of aromatic nitrogens is 2. The van der Waals surface area contributed by atoms with E-state index in [4.69, 9.17) is 15.2 Å². The molecule has 3 rings (SSSR count). The first kappa shape index (κ1) is 24.1. The number of ether oxygens (including phenoxy) is 2. The van der Waals surface area contributed by atoms with Crippen LogP contribution in [0.1, 0.15) is 10.5 Å². The fourth-order valence-electron chi connectivity index (χ4n) is 2.82. The summed E-state index contributed by atoms with van der Waals surface area (Å²) < 4.78 is 36.9. The molecule has 0 aliphatic carbocycles. The van der Waals surface area contributed by atoms with Crippen LogP contribution in [0.4, 0.5) is 11.5 Å². The Bertz CT molecular complexity index is 1220. The van der Waals surface area contributed by atoms with Crippen LogP contribution in [0.15, 0.2) is 59.6 Å². The number of rotatable bonds is 10. The molecule has 0 spiro atoms. The van der Waals surface area contributed by atoms with Gasteiger partial charge in [-0.15, -0.1) is 0 Å². The van der Waals surface area contributed by atoms with Crippen molar-refractivity contribution in [2.75, 3.05) is 37.9 Å². The highest BCUT2D eigenvalue weighted by Crippen LogP contribution is 2.25. The minimum atomic E-state index is -3.57. The van der Waals surface area contributed by atoms with E-state index in [2.05, 4.69) is 26.9 Å². The molecule has 0 saturated heterocycles. The molecule has 1 heterocycles. The molecule has 1 aromatic heterocycles. The summed E-state index contributed by atoms with van der Waals surface area (Å²) in [5.41, 5.74) is 7.19. The van der Waals surface area contributed by atoms with Gasteiger partial charge >= 0.3 is 0 Å². The Morgan fingerprint density at radius 2 is 1.85 bits per heavy atom. The van der Waals surface area contributed by atoms with Gasteiger partial charge in [-0.2, -0.15) is 0 Å². The van der Waals surface area contributed by atoms with Crippen LogP contribution in [0.5, 0.6) is 5.75 Å². The predicted octanol–water partition coefficient (Wildman–Crippen LogP) is 2.12. The van der Waals surface area contributed by atoms with Crippen LogP contribution in [0.3, 0.4) is 0 Å². The Labute approximate surface area is 192 Å². The number of nitrogens with one attached hydrogen (secondary N) is 2. The lowest BCUT2D eigenvalue weighted by Gasteiger charge is -2.13. The van der Waals surface area contributed by atoms with E-state index in [0.29, 0.717) is 42.5 Å². The number of hydrogen-bond donors (Lipinski definition) is 3. The summed E-state index contributed by atoms with van der Waals surface area (Å²) >= 11 is 0. The highest BCUT2D eigenvalue weighted by molar-refractivity contribution is 7.89. The number of nitrogen functional groups attached to an aromatic ring is 1. The van der Waals surface area contributed by atoms with Crippen molar-refractivity contribution in [3.8, 4) is 17.0 Å². The summed E-state index contributed by atoms with van der Waals surface area (Å²) in [7, 11) is -2.23. The number of anilines is 2. The molecule has 0 unspecified atom stereocenters. The molecule has 1 amide bonds. The van der Waals surface area contributed by atoms with Gasteiger partial charge in [0, 0.05) is 12.2 Å². The van der Waals surface area contributed by atoms with E-state index in [-0.39, 0.29) is 16.4 Å². The van der Waals surface area contributed by atoms with Crippen LogP contribution in [0, 0.1) is 6.92 Å². The van der Waals surface area contributed by atoms with Gasteiger partial charge < -0.3 is 20.5 Å². The summed E-state index contributed by atoms with van der Waals surface area (Å²) in [5, 5.41) is 2.74. The van der Waals surface area contributed by atoms with Crippen molar-refractivity contribution in [3.63, 3.8) is 0 Å². The Morgan fingerprint density at radius 1 is 1.12 bits per heavy atom. The summed E-state index contributed by atoms with van der Waals surface area (Å²) in [6, 6.07) is 12.9. The van der Waals surface area contributed by atoms with Crippen LogP contribution >= 0.6 is 0 Å². The number of amides is 1. The van der Waals surface area contributed by atoms with Gasteiger partial charge in [0.1, 0.15) is 12.4 Å². The normalized spacial score (nSPS) is 11.2. The largest absolute Gasteiger partial charge is 0.489 e. The fourth-order valence-corrected chi connectivity index (χ4v) is 3.55. The Balaban J connectivity index is 1.81. The summed E-state index contributed by atoms with van der Waals surface area (Å²) in [5.74, 6) is -0.156. The maximum atomic E-state index is 12.9. The highest BCUT2D eigenvalue weighted by Gasteiger charge is 2.17. The average Bonchev–Trinajstić information content (AvgIpc) is 2.83. The van der Waals surface area contributed by atoms with Gasteiger partial charge in [-0.1, -0.05) is 24.3 Å². The van der Waals surface area contributed by atoms with Crippen LogP contribution in [-0.2, 0) is 14.8 Å². The quantitative estimate of drug-likeness (QED) is 0.382. The minimum absolute atomic E-state index is 0.0483. The lowest BCUT2D eigenvalue weighted by atomic mass is 10.1. The van der Waals surface area contributed by atoms with E-state index in [1.165, 1.54) is 25.4 Å². The molecule has 0 saturated carbocycles. The van der Waals surface area contributed by atoms with Crippen molar-refractivity contribution < 1.29 is 22.7 Å². The standard InChI is InChI=1S/C22H24N5O5S/c1-3-31-12-13-32-19-7-5-4-6-17(19)27-22(28)20-21(23)25-14-18(26-20)15-8-10-16(11-9-15)33(29,30)24-2/h4-11,14,24H,1,3,12-13H2,2H3,(H2,23,25)(H,27,28). The third kappa shape index (κ3) is 6.04. The van der Waals surface area contributed by atoms with Gasteiger partial charge in [0.2, 0.25) is 10.0 Å². The van der Waals surface area contributed by atoms with Crippen molar-refractivity contribution in [1.82, 2.24) is 14.7 Å². The number of nitrogens with two attached hydrogens (primary N) is 1. The summed E-state index contributed by atoms with van der Waals surface area (Å²) in [6.07, 6.45) is 1.41. The number of carbonyl (C=O) groups is 1. The van der Waals surface area contributed by atoms with Gasteiger partial charge in [-0.25, -0.2) is 23.1 Å². The molecule has 2 aromatic carbocycles. The molecule has 0 bridgehead atoms. The molecule has 33 heavy (non-hydrogen) atoms. The molecule has 10 nitrogen and oxygen atoms in total. The van der Waals surface area contributed by atoms with Crippen molar-refractivity contribution in [1.29, 1.82) is 0 Å². The van der Waals surface area contributed by atoms with Gasteiger partial charge in [0.05, 0.1) is 29.1 Å². The first-order chi connectivity index (χ1) is 15.9. The first-order valence-corrected chi connectivity index (χ1v) is 11.4. The van der Waals surface area contributed by atoms with Crippen molar-refractivity contribution in [2.24, 2.45) is 0 Å². The summed E-state index contributed by atoms with van der Waals surface area (Å²) in [4.78, 5) is 21.4. The SMILES string of the molecule is [CH2]COCCOc1ccccc1NC(=O)c1nc(-c2ccc(S(=O)(=O)NC)cc2)cnc1N. The van der Waals surface area contributed by atoms with E-state index >= 15 is 0 Å². The molecule has 0 aliphatic heterocycles. The first-order valence-electron chi connectivity index (χ1n) is 9.92. The smallest absolute Gasteiger partial charge is 0.278 e.